The monoisotopic (exact) mass is 409 g/mol. The average Bonchev–Trinajstić information content (AvgIpc) is 3.29. The third-order valence-corrected chi connectivity index (χ3v) is 5.62. The second kappa shape index (κ2) is 9.05. The largest absolute Gasteiger partial charge is 0.486 e. The number of nitrogens with zero attached hydrogens (tertiary/aromatic N) is 3. The van der Waals surface area contributed by atoms with E-state index in [1.807, 2.05) is 60.4 Å². The molecule has 4 rings (SSSR count). The van der Waals surface area contributed by atoms with Gasteiger partial charge in [0.25, 0.3) is 0 Å². The molecule has 0 spiro atoms. The lowest BCUT2D eigenvalue weighted by molar-refractivity contribution is -0.129. The highest BCUT2D eigenvalue weighted by Gasteiger charge is 2.13. The maximum absolute atomic E-state index is 12.5. The molecule has 1 amide bonds. The van der Waals surface area contributed by atoms with Crippen molar-refractivity contribution in [3.8, 4) is 17.2 Å². The van der Waals surface area contributed by atoms with Gasteiger partial charge in [0.2, 0.25) is 5.91 Å². The van der Waals surface area contributed by atoms with Crippen LogP contribution < -0.4 is 9.47 Å². The third kappa shape index (κ3) is 4.92. The predicted molar refractivity (Wildman–Crippen MR) is 113 cm³/mol. The summed E-state index contributed by atoms with van der Waals surface area (Å²) in [4.78, 5) is 15.4. The minimum atomic E-state index is 0.125. The number of rotatable bonds is 7. The van der Waals surface area contributed by atoms with E-state index in [0.29, 0.717) is 26.2 Å². The van der Waals surface area contributed by atoms with Crippen LogP contribution in [0.25, 0.3) is 5.69 Å². The van der Waals surface area contributed by atoms with Crippen molar-refractivity contribution in [2.75, 3.05) is 26.0 Å². The molecule has 0 atom stereocenters. The second-order valence-corrected chi connectivity index (χ2v) is 7.94. The van der Waals surface area contributed by atoms with E-state index in [9.17, 15) is 4.79 Å². The number of benzene rings is 2. The van der Waals surface area contributed by atoms with Crippen molar-refractivity contribution < 1.29 is 14.3 Å². The third-order valence-electron chi connectivity index (χ3n) is 4.62. The number of hydrogen-bond donors (Lipinski definition) is 0. The molecular formula is C22H23N3O3S. The van der Waals surface area contributed by atoms with Crippen LogP contribution in [0, 0.1) is 0 Å². The van der Waals surface area contributed by atoms with Gasteiger partial charge in [-0.2, -0.15) is 5.10 Å². The molecule has 3 aromatic rings. The molecule has 2 heterocycles. The van der Waals surface area contributed by atoms with E-state index in [1.54, 1.807) is 22.9 Å². The highest BCUT2D eigenvalue weighted by Crippen LogP contribution is 2.34. The van der Waals surface area contributed by atoms with E-state index >= 15 is 0 Å². The normalized spacial score (nSPS) is 12.6. The SMILES string of the molecule is CN(Cc1cccc(-n2cccn2)c1)C(=O)CCSc1ccc2c(c1)OCCO2. The zero-order valence-corrected chi connectivity index (χ0v) is 17.1. The topological polar surface area (TPSA) is 56.6 Å². The van der Waals surface area contributed by atoms with Gasteiger partial charge in [0.1, 0.15) is 13.2 Å². The molecule has 29 heavy (non-hydrogen) atoms. The quantitative estimate of drug-likeness (QED) is 0.556. The molecule has 7 heteroatoms. The first-order chi connectivity index (χ1) is 14.2. The Morgan fingerprint density at radius 2 is 2.00 bits per heavy atom. The van der Waals surface area contributed by atoms with Crippen LogP contribution in [-0.4, -0.2) is 46.6 Å². The Balaban J connectivity index is 1.28. The molecule has 0 N–H and O–H groups in total. The fraction of sp³-hybridized carbons (Fsp3) is 0.273. The molecule has 0 unspecified atom stereocenters. The summed E-state index contributed by atoms with van der Waals surface area (Å²) in [5, 5.41) is 4.25. The Kier molecular flexibility index (Phi) is 6.05. The lowest BCUT2D eigenvalue weighted by Crippen LogP contribution is -2.26. The Morgan fingerprint density at radius 1 is 1.14 bits per heavy atom. The summed E-state index contributed by atoms with van der Waals surface area (Å²) in [5.74, 6) is 2.41. The maximum Gasteiger partial charge on any atom is 0.223 e. The fourth-order valence-corrected chi connectivity index (χ4v) is 4.01. The molecule has 0 radical (unpaired) electrons. The number of fused-ring (bicyclic) bond motifs is 1. The smallest absolute Gasteiger partial charge is 0.223 e. The van der Waals surface area contributed by atoms with Gasteiger partial charge in [0.15, 0.2) is 11.5 Å². The van der Waals surface area contributed by atoms with Crippen molar-refractivity contribution in [2.24, 2.45) is 0 Å². The molecule has 6 nitrogen and oxygen atoms in total. The van der Waals surface area contributed by atoms with E-state index in [1.165, 1.54) is 0 Å². The Morgan fingerprint density at radius 3 is 2.83 bits per heavy atom. The number of ether oxygens (including phenoxy) is 2. The van der Waals surface area contributed by atoms with Gasteiger partial charge in [-0.15, -0.1) is 11.8 Å². The van der Waals surface area contributed by atoms with Crippen LogP contribution in [0.4, 0.5) is 0 Å². The van der Waals surface area contributed by atoms with Gasteiger partial charge in [0.05, 0.1) is 5.69 Å². The van der Waals surface area contributed by atoms with Crippen LogP contribution in [0.1, 0.15) is 12.0 Å². The summed E-state index contributed by atoms with van der Waals surface area (Å²) in [5.41, 5.74) is 2.07. The van der Waals surface area contributed by atoms with Gasteiger partial charge < -0.3 is 14.4 Å². The first-order valence-electron chi connectivity index (χ1n) is 9.54. The first-order valence-corrected chi connectivity index (χ1v) is 10.5. The van der Waals surface area contributed by atoms with Crippen LogP contribution in [-0.2, 0) is 11.3 Å². The molecule has 0 bridgehead atoms. The maximum atomic E-state index is 12.5. The van der Waals surface area contributed by atoms with E-state index in [2.05, 4.69) is 11.2 Å². The zero-order valence-electron chi connectivity index (χ0n) is 16.3. The van der Waals surface area contributed by atoms with Gasteiger partial charge in [-0.25, -0.2) is 4.68 Å². The molecular weight excluding hydrogens is 386 g/mol. The van der Waals surface area contributed by atoms with Crippen LogP contribution in [0.5, 0.6) is 11.5 Å². The standard InChI is InChI=1S/C22H23N3O3S/c1-24(16-17-4-2-5-18(14-17)25-10-3-9-23-25)22(26)8-13-29-19-6-7-20-21(15-19)28-12-11-27-20/h2-7,9-10,14-15H,8,11-13,16H2,1H3. The van der Waals surface area contributed by atoms with Crippen molar-refractivity contribution in [2.45, 2.75) is 17.9 Å². The van der Waals surface area contributed by atoms with Crippen molar-refractivity contribution in [3.63, 3.8) is 0 Å². The highest BCUT2D eigenvalue weighted by molar-refractivity contribution is 7.99. The van der Waals surface area contributed by atoms with E-state index in [4.69, 9.17) is 9.47 Å². The van der Waals surface area contributed by atoms with Gasteiger partial charge >= 0.3 is 0 Å². The molecule has 0 fully saturated rings. The molecule has 1 aromatic heterocycles. The summed E-state index contributed by atoms with van der Waals surface area (Å²) in [6.45, 7) is 1.74. The van der Waals surface area contributed by atoms with Crippen molar-refractivity contribution >= 4 is 17.7 Å². The number of carbonyl (C=O) groups is 1. The van der Waals surface area contributed by atoms with Crippen LogP contribution in [0.15, 0.2) is 65.8 Å². The van der Waals surface area contributed by atoms with Crippen LogP contribution in [0.3, 0.4) is 0 Å². The van der Waals surface area contributed by atoms with E-state index in [0.717, 1.165) is 33.4 Å². The first kappa shape index (κ1) is 19.4. The number of thioether (sulfide) groups is 1. The minimum Gasteiger partial charge on any atom is -0.486 e. The molecule has 150 valence electrons. The summed E-state index contributed by atoms with van der Waals surface area (Å²) in [6.07, 6.45) is 4.14. The zero-order chi connectivity index (χ0) is 20.1. The molecule has 0 saturated heterocycles. The van der Waals surface area contributed by atoms with Crippen LogP contribution >= 0.6 is 11.8 Å². The number of amides is 1. The molecule has 1 aliphatic heterocycles. The predicted octanol–water partition coefficient (Wildman–Crippen LogP) is 3.78. The van der Waals surface area contributed by atoms with Crippen molar-refractivity contribution in [3.05, 3.63) is 66.5 Å². The minimum absolute atomic E-state index is 0.125. The second-order valence-electron chi connectivity index (χ2n) is 6.77. The highest BCUT2D eigenvalue weighted by atomic mass is 32.2. The summed E-state index contributed by atoms with van der Waals surface area (Å²) >= 11 is 1.65. The lowest BCUT2D eigenvalue weighted by atomic mass is 10.2. The molecule has 2 aromatic carbocycles. The summed E-state index contributed by atoms with van der Waals surface area (Å²) in [7, 11) is 1.84. The Bertz CT molecular complexity index is 975. The van der Waals surface area contributed by atoms with Crippen LogP contribution in [0.2, 0.25) is 0 Å². The lowest BCUT2D eigenvalue weighted by Gasteiger charge is -2.19. The number of carbonyl (C=O) groups excluding carboxylic acids is 1. The summed E-state index contributed by atoms with van der Waals surface area (Å²) < 4.78 is 13.0. The Labute approximate surface area is 174 Å². The van der Waals surface area contributed by atoms with Gasteiger partial charge in [0, 0.05) is 43.1 Å². The molecule has 0 aliphatic carbocycles. The fourth-order valence-electron chi connectivity index (χ4n) is 3.14. The van der Waals surface area contributed by atoms with E-state index < -0.39 is 0 Å². The van der Waals surface area contributed by atoms with Gasteiger partial charge in [-0.3, -0.25) is 4.79 Å². The van der Waals surface area contributed by atoms with Gasteiger partial charge in [-0.05, 0) is 42.0 Å². The van der Waals surface area contributed by atoms with Gasteiger partial charge in [-0.1, -0.05) is 12.1 Å². The summed E-state index contributed by atoms with van der Waals surface area (Å²) in [6, 6.07) is 15.9. The average molecular weight is 410 g/mol. The Hall–Kier alpha value is -2.93. The number of aromatic nitrogens is 2. The molecule has 0 saturated carbocycles. The van der Waals surface area contributed by atoms with Crippen molar-refractivity contribution in [1.29, 1.82) is 0 Å². The van der Waals surface area contributed by atoms with Crippen molar-refractivity contribution in [1.82, 2.24) is 14.7 Å². The molecule has 1 aliphatic rings. The number of hydrogen-bond acceptors (Lipinski definition) is 5. The van der Waals surface area contributed by atoms with E-state index in [-0.39, 0.29) is 5.91 Å².